The molecule has 0 aliphatic carbocycles. The third-order valence-electron chi connectivity index (χ3n) is 5.13. The Morgan fingerprint density at radius 1 is 1.14 bits per heavy atom. The van der Waals surface area contributed by atoms with Crippen molar-refractivity contribution in [2.75, 3.05) is 0 Å². The van der Waals surface area contributed by atoms with Gasteiger partial charge in [0.25, 0.3) is 5.91 Å². The van der Waals surface area contributed by atoms with E-state index in [4.69, 9.17) is 27.9 Å². The number of hydrogen-bond donors (Lipinski definition) is 0. The topological polar surface area (TPSA) is 46.6 Å². The van der Waals surface area contributed by atoms with Gasteiger partial charge in [-0.05, 0) is 41.8 Å². The van der Waals surface area contributed by atoms with E-state index in [1.807, 2.05) is 37.3 Å². The molecule has 0 N–H and O–H groups in total. The van der Waals surface area contributed by atoms with Crippen molar-refractivity contribution in [3.05, 3.63) is 82.4 Å². The third-order valence-corrected chi connectivity index (χ3v) is 5.62. The largest absolute Gasteiger partial charge is 0.358 e. The van der Waals surface area contributed by atoms with E-state index in [0.29, 0.717) is 22.9 Å². The van der Waals surface area contributed by atoms with Crippen LogP contribution in [0.5, 0.6) is 0 Å². The average Bonchev–Trinajstić information content (AvgIpc) is 2.72. The fourth-order valence-electron chi connectivity index (χ4n) is 3.73. The van der Waals surface area contributed by atoms with Crippen LogP contribution in [0.3, 0.4) is 0 Å². The summed E-state index contributed by atoms with van der Waals surface area (Å²) in [6.07, 6.45) is 2.13. The van der Waals surface area contributed by atoms with E-state index in [1.54, 1.807) is 29.2 Å². The van der Waals surface area contributed by atoms with Gasteiger partial charge in [-0.15, -0.1) is 6.58 Å². The van der Waals surface area contributed by atoms with E-state index in [9.17, 15) is 9.59 Å². The second-order valence-electron chi connectivity index (χ2n) is 6.98. The molecule has 1 fully saturated rings. The number of aldehydes is 1. The Morgan fingerprint density at radius 2 is 1.86 bits per heavy atom. The Bertz CT molecular complexity index is 884. The maximum atomic E-state index is 13.3. The molecule has 1 aliphatic rings. The minimum atomic E-state index is -0.714. The molecule has 1 unspecified atom stereocenters. The predicted octanol–water partition coefficient (Wildman–Crippen LogP) is 5.56. The van der Waals surface area contributed by atoms with Crippen molar-refractivity contribution >= 4 is 35.4 Å². The van der Waals surface area contributed by atoms with Gasteiger partial charge >= 0.3 is 0 Å². The Labute approximate surface area is 181 Å². The highest BCUT2D eigenvalue weighted by atomic mass is 35.5. The highest BCUT2D eigenvalue weighted by molar-refractivity contribution is 6.30. The van der Waals surface area contributed by atoms with Gasteiger partial charge in [-0.25, -0.2) is 0 Å². The van der Waals surface area contributed by atoms with Crippen LogP contribution in [0.15, 0.2) is 61.2 Å². The number of hydrogen-bond acceptors (Lipinski definition) is 3. The van der Waals surface area contributed by atoms with Gasteiger partial charge in [0.05, 0.1) is 12.1 Å². The van der Waals surface area contributed by atoms with Gasteiger partial charge in [-0.2, -0.15) is 0 Å². The SMILES string of the molecule is C=CC[C@@H]1O[C@H](c2cccc(Cl)c2)[C@@H](c2ccc(Cl)cc2)N(C(C=O)CC)C1=O. The van der Waals surface area contributed by atoms with Crippen LogP contribution in [0.25, 0.3) is 0 Å². The molecular weight excluding hydrogens is 409 g/mol. The standard InChI is InChI=1S/C23H23Cl2NO3/c1-3-6-20-23(28)26(19(4-2)14-27)21(15-9-11-17(24)12-10-15)22(29-20)16-7-5-8-18(25)13-16/h3,5,7-14,19-22H,1,4,6H2,2H3/t19?,20-,21+,22+/m0/s1. The summed E-state index contributed by atoms with van der Waals surface area (Å²) in [5, 5.41) is 1.17. The second-order valence-corrected chi connectivity index (χ2v) is 7.85. The van der Waals surface area contributed by atoms with Crippen molar-refractivity contribution in [3.63, 3.8) is 0 Å². The monoisotopic (exact) mass is 431 g/mol. The molecule has 1 amide bonds. The Hall–Kier alpha value is -2.14. The molecule has 1 saturated heterocycles. The summed E-state index contributed by atoms with van der Waals surface area (Å²) in [4.78, 5) is 26.8. The quantitative estimate of drug-likeness (QED) is 0.425. The molecule has 3 rings (SSSR count). The first-order valence-corrected chi connectivity index (χ1v) is 10.3. The lowest BCUT2D eigenvalue weighted by molar-refractivity contribution is -0.179. The van der Waals surface area contributed by atoms with Crippen LogP contribution < -0.4 is 0 Å². The van der Waals surface area contributed by atoms with Gasteiger partial charge in [0.1, 0.15) is 18.5 Å². The number of halogens is 2. The molecule has 29 heavy (non-hydrogen) atoms. The molecule has 4 atom stereocenters. The number of carbonyl (C=O) groups is 2. The van der Waals surface area contributed by atoms with Crippen molar-refractivity contribution in [3.8, 4) is 0 Å². The lowest BCUT2D eigenvalue weighted by atomic mass is 9.89. The summed E-state index contributed by atoms with van der Waals surface area (Å²) in [6.45, 7) is 5.63. The van der Waals surface area contributed by atoms with E-state index in [-0.39, 0.29) is 5.91 Å². The number of ether oxygens (including phenoxy) is 1. The maximum absolute atomic E-state index is 13.3. The molecular formula is C23H23Cl2NO3. The third kappa shape index (κ3) is 4.55. The molecule has 1 heterocycles. The molecule has 0 saturated carbocycles. The molecule has 6 heteroatoms. The minimum Gasteiger partial charge on any atom is -0.358 e. The maximum Gasteiger partial charge on any atom is 0.253 e. The van der Waals surface area contributed by atoms with Crippen molar-refractivity contribution in [1.82, 2.24) is 4.90 Å². The molecule has 0 bridgehead atoms. The van der Waals surface area contributed by atoms with E-state index in [2.05, 4.69) is 6.58 Å². The fraction of sp³-hybridized carbons (Fsp3) is 0.304. The van der Waals surface area contributed by atoms with Crippen LogP contribution in [0.4, 0.5) is 0 Å². The summed E-state index contributed by atoms with van der Waals surface area (Å²) in [6, 6.07) is 13.6. The molecule has 0 spiro atoms. The summed E-state index contributed by atoms with van der Waals surface area (Å²) in [5.74, 6) is -0.220. The van der Waals surface area contributed by atoms with Crippen molar-refractivity contribution in [2.45, 2.75) is 44.1 Å². The zero-order valence-corrected chi connectivity index (χ0v) is 17.6. The first kappa shape index (κ1) is 21.6. The molecule has 0 radical (unpaired) electrons. The zero-order valence-electron chi connectivity index (χ0n) is 16.1. The van der Waals surface area contributed by atoms with Gasteiger partial charge in [0.2, 0.25) is 0 Å². The first-order valence-electron chi connectivity index (χ1n) is 9.54. The number of rotatable bonds is 7. The molecule has 2 aromatic rings. The van der Waals surface area contributed by atoms with Gasteiger partial charge in [0.15, 0.2) is 0 Å². The lowest BCUT2D eigenvalue weighted by Crippen LogP contribution is -2.55. The number of benzene rings is 2. The zero-order chi connectivity index (χ0) is 21.0. The average molecular weight is 432 g/mol. The normalized spacial score (nSPS) is 22.9. The van der Waals surface area contributed by atoms with Crippen molar-refractivity contribution in [1.29, 1.82) is 0 Å². The van der Waals surface area contributed by atoms with Crippen LogP contribution in [0.1, 0.15) is 43.0 Å². The molecule has 4 nitrogen and oxygen atoms in total. The molecule has 152 valence electrons. The summed E-state index contributed by atoms with van der Waals surface area (Å²) in [7, 11) is 0. The lowest BCUT2D eigenvalue weighted by Gasteiger charge is -2.46. The first-order chi connectivity index (χ1) is 14.0. The minimum absolute atomic E-state index is 0.220. The Morgan fingerprint density at radius 3 is 2.45 bits per heavy atom. The Balaban J connectivity index is 2.17. The van der Waals surface area contributed by atoms with Crippen LogP contribution >= 0.6 is 23.2 Å². The van der Waals surface area contributed by atoms with Gasteiger partial charge in [-0.1, -0.05) is 60.5 Å². The van der Waals surface area contributed by atoms with Crippen LogP contribution in [-0.4, -0.2) is 29.2 Å². The fourth-order valence-corrected chi connectivity index (χ4v) is 4.06. The van der Waals surface area contributed by atoms with E-state index < -0.39 is 24.3 Å². The molecule has 2 aromatic carbocycles. The predicted molar refractivity (Wildman–Crippen MR) is 115 cm³/mol. The van der Waals surface area contributed by atoms with E-state index in [0.717, 1.165) is 17.4 Å². The van der Waals surface area contributed by atoms with Crippen molar-refractivity contribution < 1.29 is 14.3 Å². The van der Waals surface area contributed by atoms with Gasteiger partial charge in [-0.3, -0.25) is 4.79 Å². The smallest absolute Gasteiger partial charge is 0.253 e. The van der Waals surface area contributed by atoms with Gasteiger partial charge < -0.3 is 14.4 Å². The number of amides is 1. The van der Waals surface area contributed by atoms with Crippen LogP contribution in [-0.2, 0) is 14.3 Å². The number of morpholine rings is 1. The molecule has 0 aromatic heterocycles. The highest BCUT2D eigenvalue weighted by Crippen LogP contribution is 2.44. The van der Waals surface area contributed by atoms with Crippen molar-refractivity contribution in [2.24, 2.45) is 0 Å². The van der Waals surface area contributed by atoms with Crippen LogP contribution in [0, 0.1) is 0 Å². The van der Waals surface area contributed by atoms with E-state index in [1.165, 1.54) is 0 Å². The Kier molecular flexibility index (Phi) is 7.12. The summed E-state index contributed by atoms with van der Waals surface area (Å²) < 4.78 is 6.28. The summed E-state index contributed by atoms with van der Waals surface area (Å²) in [5.41, 5.74) is 1.68. The second kappa shape index (κ2) is 9.57. The highest BCUT2D eigenvalue weighted by Gasteiger charge is 2.46. The summed E-state index contributed by atoms with van der Waals surface area (Å²) >= 11 is 12.3. The number of nitrogens with zero attached hydrogens (tertiary/aromatic N) is 1. The van der Waals surface area contributed by atoms with Gasteiger partial charge in [0, 0.05) is 16.5 Å². The van der Waals surface area contributed by atoms with E-state index >= 15 is 0 Å². The molecule has 1 aliphatic heterocycles. The number of carbonyl (C=O) groups excluding carboxylic acids is 2. The van der Waals surface area contributed by atoms with Crippen LogP contribution in [0.2, 0.25) is 10.0 Å².